The highest BCUT2D eigenvalue weighted by molar-refractivity contribution is 7.19. The minimum Gasteiger partial charge on any atom is -0.495 e. The predicted molar refractivity (Wildman–Crippen MR) is 72.7 cm³/mol. The lowest BCUT2D eigenvalue weighted by Gasteiger charge is -2.09. The van der Waals surface area contributed by atoms with Gasteiger partial charge in [0.2, 0.25) is 0 Å². The van der Waals surface area contributed by atoms with E-state index >= 15 is 0 Å². The summed E-state index contributed by atoms with van der Waals surface area (Å²) in [6.45, 7) is 1.95. The first-order valence-electron chi connectivity index (χ1n) is 4.89. The van der Waals surface area contributed by atoms with Crippen molar-refractivity contribution in [2.75, 3.05) is 18.6 Å². The van der Waals surface area contributed by atoms with Crippen LogP contribution in [0.15, 0.2) is 12.1 Å². The van der Waals surface area contributed by atoms with Crippen LogP contribution in [0.4, 0.5) is 10.1 Å². The largest absolute Gasteiger partial charge is 0.495 e. The van der Waals surface area contributed by atoms with E-state index in [1.165, 1.54) is 11.3 Å². The first-order valence-corrected chi connectivity index (χ1v) is 6.08. The number of hydrogen-bond acceptors (Lipinski definition) is 5. The van der Waals surface area contributed by atoms with E-state index in [9.17, 15) is 0 Å². The third-order valence-electron chi connectivity index (χ3n) is 2.42. The Morgan fingerprint density at radius 1 is 1.35 bits per heavy atom. The number of benzene rings is 1. The molecule has 4 N–H and O–H groups in total. The van der Waals surface area contributed by atoms with E-state index in [-0.39, 0.29) is 0 Å². The van der Waals surface area contributed by atoms with Crippen molar-refractivity contribution in [2.45, 2.75) is 6.92 Å². The van der Waals surface area contributed by atoms with Crippen molar-refractivity contribution < 1.29 is 4.74 Å². The van der Waals surface area contributed by atoms with Crippen molar-refractivity contribution >= 4 is 33.1 Å². The molecule has 0 atom stereocenters. The summed E-state index contributed by atoms with van der Waals surface area (Å²) in [6, 6.07) is 3.65. The third kappa shape index (κ3) is 2.16. The standard InChI is InChI=1S/C11H12ClN3OS/c1-5-3-8(16-2)7(12)4-6(5)9-10(13)17-11(14)15-9/h3-4H,13H2,1-2H3,(H2,14,15). The Kier molecular flexibility index (Phi) is 3.13. The molecule has 1 heterocycles. The monoisotopic (exact) mass is 269 g/mol. The van der Waals surface area contributed by atoms with E-state index in [1.807, 2.05) is 13.0 Å². The second-order valence-electron chi connectivity index (χ2n) is 3.57. The molecule has 0 saturated heterocycles. The van der Waals surface area contributed by atoms with Gasteiger partial charge >= 0.3 is 0 Å². The van der Waals surface area contributed by atoms with Gasteiger partial charge in [-0.15, -0.1) is 0 Å². The van der Waals surface area contributed by atoms with Crippen molar-refractivity contribution in [3.63, 3.8) is 0 Å². The normalized spacial score (nSPS) is 10.5. The van der Waals surface area contributed by atoms with Gasteiger partial charge in [-0.05, 0) is 24.6 Å². The summed E-state index contributed by atoms with van der Waals surface area (Å²) >= 11 is 7.35. The topological polar surface area (TPSA) is 74.2 Å². The zero-order valence-corrected chi connectivity index (χ0v) is 11.0. The molecule has 6 heteroatoms. The fourth-order valence-corrected chi connectivity index (χ4v) is 2.46. The van der Waals surface area contributed by atoms with Crippen LogP contribution >= 0.6 is 22.9 Å². The summed E-state index contributed by atoms with van der Waals surface area (Å²) in [5, 5.41) is 1.56. The fraction of sp³-hybridized carbons (Fsp3) is 0.182. The number of halogens is 1. The van der Waals surface area contributed by atoms with E-state index in [4.69, 9.17) is 27.8 Å². The summed E-state index contributed by atoms with van der Waals surface area (Å²) in [5.74, 6) is 0.634. The number of nitrogens with two attached hydrogens (primary N) is 2. The molecule has 0 unspecified atom stereocenters. The van der Waals surface area contributed by atoms with Crippen LogP contribution in [0.3, 0.4) is 0 Å². The summed E-state index contributed by atoms with van der Waals surface area (Å²) in [7, 11) is 1.58. The zero-order valence-electron chi connectivity index (χ0n) is 9.45. The molecule has 90 valence electrons. The van der Waals surface area contributed by atoms with Crippen LogP contribution in [0.25, 0.3) is 11.3 Å². The Hall–Kier alpha value is -1.46. The third-order valence-corrected chi connectivity index (χ3v) is 3.43. The fourth-order valence-electron chi connectivity index (χ4n) is 1.61. The van der Waals surface area contributed by atoms with Gasteiger partial charge in [0.05, 0.1) is 12.1 Å². The SMILES string of the molecule is COc1cc(C)c(-c2nc(N)sc2N)cc1Cl. The first-order chi connectivity index (χ1) is 8.02. The van der Waals surface area contributed by atoms with Crippen molar-refractivity contribution in [1.82, 2.24) is 4.98 Å². The highest BCUT2D eigenvalue weighted by Crippen LogP contribution is 2.38. The number of anilines is 2. The smallest absolute Gasteiger partial charge is 0.182 e. The van der Waals surface area contributed by atoms with Gasteiger partial charge < -0.3 is 16.2 Å². The quantitative estimate of drug-likeness (QED) is 0.879. The van der Waals surface area contributed by atoms with Gasteiger partial charge in [0.15, 0.2) is 5.13 Å². The second kappa shape index (κ2) is 4.43. The molecule has 2 aromatic rings. The Balaban J connectivity index is 2.60. The van der Waals surface area contributed by atoms with Crippen LogP contribution in [-0.4, -0.2) is 12.1 Å². The molecular weight excluding hydrogens is 258 g/mol. The molecule has 0 radical (unpaired) electrons. The predicted octanol–water partition coefficient (Wildman–Crippen LogP) is 2.94. The van der Waals surface area contributed by atoms with Gasteiger partial charge in [0.25, 0.3) is 0 Å². The summed E-state index contributed by atoms with van der Waals surface area (Å²) < 4.78 is 5.15. The van der Waals surface area contributed by atoms with Gasteiger partial charge in [0, 0.05) is 5.56 Å². The number of nitrogens with zero attached hydrogens (tertiary/aromatic N) is 1. The number of hydrogen-bond donors (Lipinski definition) is 2. The number of rotatable bonds is 2. The van der Waals surface area contributed by atoms with Crippen LogP contribution in [0.5, 0.6) is 5.75 Å². The van der Waals surface area contributed by atoms with Gasteiger partial charge in [0.1, 0.15) is 16.4 Å². The molecule has 0 aliphatic rings. The lowest BCUT2D eigenvalue weighted by Crippen LogP contribution is -1.92. The molecular formula is C11H12ClN3OS. The highest BCUT2D eigenvalue weighted by Gasteiger charge is 2.14. The van der Waals surface area contributed by atoms with Crippen LogP contribution in [0.2, 0.25) is 5.02 Å². The molecule has 1 aromatic heterocycles. The number of aryl methyl sites for hydroxylation is 1. The van der Waals surface area contributed by atoms with Gasteiger partial charge in [-0.25, -0.2) is 4.98 Å². The molecule has 0 fully saturated rings. The van der Waals surface area contributed by atoms with Gasteiger partial charge in [-0.1, -0.05) is 22.9 Å². The maximum absolute atomic E-state index is 6.09. The average molecular weight is 270 g/mol. The lowest BCUT2D eigenvalue weighted by molar-refractivity contribution is 0.415. The average Bonchev–Trinajstić information content (AvgIpc) is 2.60. The number of thiazole rings is 1. The Labute approximate surface area is 108 Å². The van der Waals surface area contributed by atoms with E-state index in [0.29, 0.717) is 26.6 Å². The number of ether oxygens (including phenoxy) is 1. The molecule has 4 nitrogen and oxygen atoms in total. The minimum absolute atomic E-state index is 0.448. The summed E-state index contributed by atoms with van der Waals surface area (Å²) in [5.41, 5.74) is 14.0. The zero-order chi connectivity index (χ0) is 12.6. The number of aromatic nitrogens is 1. The maximum atomic E-state index is 6.09. The lowest BCUT2D eigenvalue weighted by atomic mass is 10.1. The van der Waals surface area contributed by atoms with Crippen molar-refractivity contribution in [3.05, 3.63) is 22.7 Å². The van der Waals surface area contributed by atoms with Crippen molar-refractivity contribution in [3.8, 4) is 17.0 Å². The van der Waals surface area contributed by atoms with Crippen molar-refractivity contribution in [2.24, 2.45) is 0 Å². The Morgan fingerprint density at radius 2 is 2.06 bits per heavy atom. The molecule has 0 spiro atoms. The molecule has 0 aliphatic heterocycles. The molecule has 0 saturated carbocycles. The Morgan fingerprint density at radius 3 is 2.59 bits per heavy atom. The molecule has 0 aliphatic carbocycles. The maximum Gasteiger partial charge on any atom is 0.182 e. The van der Waals surface area contributed by atoms with Crippen LogP contribution < -0.4 is 16.2 Å². The van der Waals surface area contributed by atoms with Gasteiger partial charge in [-0.3, -0.25) is 0 Å². The van der Waals surface area contributed by atoms with Crippen LogP contribution in [-0.2, 0) is 0 Å². The molecule has 0 amide bonds. The number of nitrogen functional groups attached to an aromatic ring is 2. The van der Waals surface area contributed by atoms with Gasteiger partial charge in [-0.2, -0.15) is 0 Å². The highest BCUT2D eigenvalue weighted by atomic mass is 35.5. The van der Waals surface area contributed by atoms with Crippen molar-refractivity contribution in [1.29, 1.82) is 0 Å². The first kappa shape index (κ1) is 12.0. The van der Waals surface area contributed by atoms with E-state index in [0.717, 1.165) is 11.1 Å². The summed E-state index contributed by atoms with van der Waals surface area (Å²) in [6.07, 6.45) is 0. The van der Waals surface area contributed by atoms with E-state index < -0.39 is 0 Å². The van der Waals surface area contributed by atoms with Crippen LogP contribution in [0, 0.1) is 6.92 Å². The second-order valence-corrected chi connectivity index (χ2v) is 5.04. The molecule has 2 rings (SSSR count). The van der Waals surface area contributed by atoms with E-state index in [2.05, 4.69) is 4.98 Å². The molecule has 0 bridgehead atoms. The Bertz CT molecular complexity index is 568. The molecule has 1 aromatic carbocycles. The summed E-state index contributed by atoms with van der Waals surface area (Å²) in [4.78, 5) is 4.21. The molecule has 17 heavy (non-hydrogen) atoms. The van der Waals surface area contributed by atoms with Crippen LogP contribution in [0.1, 0.15) is 5.56 Å². The van der Waals surface area contributed by atoms with E-state index in [1.54, 1.807) is 13.2 Å². The minimum atomic E-state index is 0.448. The number of methoxy groups -OCH3 is 1.